The number of amides is 2. The quantitative estimate of drug-likeness (QED) is 0.670. The molecule has 0 unspecified atom stereocenters. The number of primary amides is 1. The molecule has 2 aromatic rings. The molecule has 3 N–H and O–H groups in total. The molecule has 1 saturated carbocycles. The summed E-state index contributed by atoms with van der Waals surface area (Å²) in [5.74, 6) is -1.43. The number of anilines is 1. The molecule has 2 amide bonds. The summed E-state index contributed by atoms with van der Waals surface area (Å²) in [6, 6.07) is 10.8. The van der Waals surface area contributed by atoms with Gasteiger partial charge in [-0.05, 0) is 54.7 Å². The number of sulfonamides is 1. The smallest absolute Gasteiger partial charge is 0.267 e. The van der Waals surface area contributed by atoms with E-state index in [4.69, 9.17) is 5.73 Å². The highest BCUT2D eigenvalue weighted by molar-refractivity contribution is 7.90. The molecule has 176 valence electrons. The van der Waals surface area contributed by atoms with Gasteiger partial charge in [0.05, 0.1) is 0 Å². The van der Waals surface area contributed by atoms with E-state index >= 15 is 0 Å². The van der Waals surface area contributed by atoms with Gasteiger partial charge in [0.25, 0.3) is 15.9 Å². The third-order valence-electron chi connectivity index (χ3n) is 6.81. The molecule has 0 bridgehead atoms. The first-order valence-electron chi connectivity index (χ1n) is 11.3. The molecule has 0 aromatic heterocycles. The van der Waals surface area contributed by atoms with E-state index in [-0.39, 0.29) is 17.4 Å². The molecule has 0 spiro atoms. The molecule has 33 heavy (non-hydrogen) atoms. The van der Waals surface area contributed by atoms with Gasteiger partial charge in [0.1, 0.15) is 16.8 Å². The van der Waals surface area contributed by atoms with Crippen molar-refractivity contribution < 1.29 is 22.4 Å². The van der Waals surface area contributed by atoms with Crippen molar-refractivity contribution in [2.45, 2.75) is 49.5 Å². The monoisotopic (exact) mass is 473 g/mol. The van der Waals surface area contributed by atoms with Gasteiger partial charge in [-0.15, -0.1) is 0 Å². The summed E-state index contributed by atoms with van der Waals surface area (Å²) in [5, 5.41) is 0. The Bertz CT molecular complexity index is 1130. The van der Waals surface area contributed by atoms with E-state index in [1.54, 1.807) is 12.1 Å². The highest BCUT2D eigenvalue weighted by atomic mass is 32.2. The Morgan fingerprint density at radius 3 is 2.27 bits per heavy atom. The number of nitrogens with two attached hydrogens (primary N) is 1. The predicted octanol–water partition coefficient (Wildman–Crippen LogP) is 3.20. The van der Waals surface area contributed by atoms with Crippen molar-refractivity contribution in [1.82, 2.24) is 4.72 Å². The zero-order chi connectivity index (χ0) is 23.6. The lowest BCUT2D eigenvalue weighted by molar-refractivity contribution is -0.120. The van der Waals surface area contributed by atoms with E-state index in [9.17, 15) is 22.4 Å². The molecule has 0 radical (unpaired) electrons. The molecule has 2 aliphatic rings. The van der Waals surface area contributed by atoms with Crippen LogP contribution in [0.25, 0.3) is 0 Å². The number of hydrogen-bond acceptors (Lipinski definition) is 5. The number of carbonyl (C=O) groups is 2. The van der Waals surface area contributed by atoms with Gasteiger partial charge in [0.2, 0.25) is 5.91 Å². The standard InChI is InChI=1S/C24H28FN3O4S/c25-20-8-4-5-9-21(20)33(31,32)27-24(30)17-10-12-18(13-11-17)28-15-14-19(22(28)23(26)29)16-6-2-1-3-7-16/h4-5,8-13,16,19,22H,1-3,6-7,14-15H2,(H2,26,29)(H,27,30)/t19-,22-/m0/s1. The molecule has 1 aliphatic heterocycles. The lowest BCUT2D eigenvalue weighted by atomic mass is 9.76. The van der Waals surface area contributed by atoms with E-state index in [2.05, 4.69) is 0 Å². The van der Waals surface area contributed by atoms with Crippen LogP contribution in [0, 0.1) is 17.7 Å². The van der Waals surface area contributed by atoms with Crippen molar-refractivity contribution in [3.05, 3.63) is 59.9 Å². The molecule has 2 atom stereocenters. The summed E-state index contributed by atoms with van der Waals surface area (Å²) >= 11 is 0. The lowest BCUT2D eigenvalue weighted by Gasteiger charge is -2.33. The van der Waals surface area contributed by atoms with Gasteiger partial charge < -0.3 is 10.6 Å². The minimum atomic E-state index is -4.35. The van der Waals surface area contributed by atoms with E-state index in [0.717, 1.165) is 37.1 Å². The number of halogens is 1. The second-order valence-electron chi connectivity index (χ2n) is 8.80. The van der Waals surface area contributed by atoms with Crippen molar-refractivity contribution in [3.8, 4) is 0 Å². The van der Waals surface area contributed by atoms with Crippen molar-refractivity contribution >= 4 is 27.5 Å². The van der Waals surface area contributed by atoms with E-state index < -0.39 is 32.7 Å². The number of carbonyl (C=O) groups excluding carboxylic acids is 2. The highest BCUT2D eigenvalue weighted by Crippen LogP contribution is 2.40. The minimum absolute atomic E-state index is 0.109. The topological polar surface area (TPSA) is 110 Å². The van der Waals surface area contributed by atoms with Crippen LogP contribution >= 0.6 is 0 Å². The zero-order valence-electron chi connectivity index (χ0n) is 18.2. The molecule has 2 aromatic carbocycles. The Labute approximate surface area is 193 Å². The first-order chi connectivity index (χ1) is 15.8. The summed E-state index contributed by atoms with van der Waals surface area (Å²) < 4.78 is 40.5. The lowest BCUT2D eigenvalue weighted by Crippen LogP contribution is -2.46. The van der Waals surface area contributed by atoms with Gasteiger partial charge in [-0.2, -0.15) is 0 Å². The first kappa shape index (κ1) is 23.2. The average molecular weight is 474 g/mol. The Morgan fingerprint density at radius 2 is 1.64 bits per heavy atom. The number of rotatable bonds is 6. The Balaban J connectivity index is 1.49. The third kappa shape index (κ3) is 4.88. The van der Waals surface area contributed by atoms with Crippen LogP contribution in [-0.2, 0) is 14.8 Å². The Hall–Kier alpha value is -2.94. The maximum atomic E-state index is 13.9. The predicted molar refractivity (Wildman–Crippen MR) is 123 cm³/mol. The molecule has 7 nitrogen and oxygen atoms in total. The van der Waals surface area contributed by atoms with Crippen LogP contribution in [-0.4, -0.2) is 32.8 Å². The average Bonchev–Trinajstić information content (AvgIpc) is 3.25. The largest absolute Gasteiger partial charge is 0.368 e. The summed E-state index contributed by atoms with van der Waals surface area (Å²) in [6.45, 7) is 0.696. The Morgan fingerprint density at radius 1 is 0.970 bits per heavy atom. The molecule has 9 heteroatoms. The maximum Gasteiger partial charge on any atom is 0.267 e. The minimum Gasteiger partial charge on any atom is -0.368 e. The van der Waals surface area contributed by atoms with Crippen LogP contribution in [0.3, 0.4) is 0 Å². The molecular formula is C24H28FN3O4S. The normalized spacial score (nSPS) is 21.7. The van der Waals surface area contributed by atoms with Crippen LogP contribution in [0.5, 0.6) is 0 Å². The van der Waals surface area contributed by atoms with E-state index in [1.807, 2.05) is 9.62 Å². The molecule has 1 saturated heterocycles. The van der Waals surface area contributed by atoms with E-state index in [0.29, 0.717) is 12.5 Å². The van der Waals surface area contributed by atoms with Crippen molar-refractivity contribution in [1.29, 1.82) is 0 Å². The first-order valence-corrected chi connectivity index (χ1v) is 12.7. The van der Waals surface area contributed by atoms with Crippen LogP contribution in [0.4, 0.5) is 10.1 Å². The zero-order valence-corrected chi connectivity index (χ0v) is 19.1. The number of nitrogens with one attached hydrogen (secondary N) is 1. The summed E-state index contributed by atoms with van der Waals surface area (Å²) in [7, 11) is -4.35. The highest BCUT2D eigenvalue weighted by Gasteiger charge is 2.42. The maximum absolute atomic E-state index is 13.9. The van der Waals surface area contributed by atoms with Gasteiger partial charge in [0.15, 0.2) is 0 Å². The van der Waals surface area contributed by atoms with Crippen LogP contribution < -0.4 is 15.4 Å². The van der Waals surface area contributed by atoms with Gasteiger partial charge in [-0.1, -0.05) is 44.2 Å². The SMILES string of the molecule is NC(=O)[C@@H]1[C@H](C2CCCCC2)CCN1c1ccc(C(=O)NS(=O)(=O)c2ccccc2F)cc1. The van der Waals surface area contributed by atoms with Crippen molar-refractivity contribution in [2.75, 3.05) is 11.4 Å². The number of nitrogens with zero attached hydrogens (tertiary/aromatic N) is 1. The van der Waals surface area contributed by atoms with Crippen molar-refractivity contribution in [2.24, 2.45) is 17.6 Å². The number of hydrogen-bond donors (Lipinski definition) is 2. The molecule has 1 aliphatic carbocycles. The molecular weight excluding hydrogens is 445 g/mol. The van der Waals surface area contributed by atoms with Gasteiger partial charge >= 0.3 is 0 Å². The second-order valence-corrected chi connectivity index (χ2v) is 10.5. The molecule has 2 fully saturated rings. The van der Waals surface area contributed by atoms with E-state index in [1.165, 1.54) is 43.5 Å². The van der Waals surface area contributed by atoms with Gasteiger partial charge in [0, 0.05) is 17.8 Å². The van der Waals surface area contributed by atoms with Gasteiger partial charge in [-0.25, -0.2) is 17.5 Å². The summed E-state index contributed by atoms with van der Waals surface area (Å²) in [6.07, 6.45) is 6.75. The fourth-order valence-electron chi connectivity index (χ4n) is 5.23. The van der Waals surface area contributed by atoms with Gasteiger partial charge in [-0.3, -0.25) is 9.59 Å². The van der Waals surface area contributed by atoms with Crippen LogP contribution in [0.2, 0.25) is 0 Å². The Kier molecular flexibility index (Phi) is 6.69. The molecule has 4 rings (SSSR count). The summed E-state index contributed by atoms with van der Waals surface area (Å²) in [4.78, 5) is 26.3. The second kappa shape index (κ2) is 9.51. The third-order valence-corrected chi connectivity index (χ3v) is 8.17. The van der Waals surface area contributed by atoms with Crippen LogP contribution in [0.1, 0.15) is 48.9 Å². The van der Waals surface area contributed by atoms with Crippen molar-refractivity contribution in [3.63, 3.8) is 0 Å². The fourth-order valence-corrected chi connectivity index (χ4v) is 6.28. The summed E-state index contributed by atoms with van der Waals surface area (Å²) in [5.41, 5.74) is 6.66. The fraction of sp³-hybridized carbons (Fsp3) is 0.417. The van der Waals surface area contributed by atoms with Crippen LogP contribution in [0.15, 0.2) is 53.4 Å². The number of benzene rings is 2. The molecule has 1 heterocycles.